The minimum absolute atomic E-state index is 0.454. The van der Waals surface area contributed by atoms with Gasteiger partial charge >= 0.3 is 0 Å². The lowest BCUT2D eigenvalue weighted by molar-refractivity contribution is 0.0853. The molecule has 0 saturated carbocycles. The lowest BCUT2D eigenvalue weighted by Gasteiger charge is -2.28. The van der Waals surface area contributed by atoms with Crippen LogP contribution in [0.5, 0.6) is 0 Å². The molecule has 0 unspecified atom stereocenters. The number of pyridine rings is 1. The van der Waals surface area contributed by atoms with Gasteiger partial charge in [-0.15, -0.1) is 0 Å². The van der Waals surface area contributed by atoms with Crippen molar-refractivity contribution in [2.24, 2.45) is 0 Å². The third-order valence-corrected chi connectivity index (χ3v) is 6.42. The van der Waals surface area contributed by atoms with Gasteiger partial charge in [0.15, 0.2) is 5.82 Å². The van der Waals surface area contributed by atoms with Gasteiger partial charge in [-0.3, -0.25) is 4.98 Å². The van der Waals surface area contributed by atoms with Gasteiger partial charge in [-0.2, -0.15) is 10.1 Å². The first-order valence-electron chi connectivity index (χ1n) is 11.5. The van der Waals surface area contributed by atoms with Gasteiger partial charge in [-0.05, 0) is 36.0 Å². The van der Waals surface area contributed by atoms with Gasteiger partial charge in [-0.1, -0.05) is 30.3 Å². The Morgan fingerprint density at radius 3 is 2.45 bits per heavy atom. The Bertz CT molecular complexity index is 1250. The van der Waals surface area contributed by atoms with E-state index in [-0.39, 0.29) is 0 Å². The zero-order chi connectivity index (χ0) is 22.0. The first-order valence-corrected chi connectivity index (χ1v) is 11.5. The predicted molar refractivity (Wildman–Crippen MR) is 126 cm³/mol. The summed E-state index contributed by atoms with van der Waals surface area (Å²) in [7, 11) is 0. The molecule has 1 aromatic carbocycles. The Kier molecular flexibility index (Phi) is 5.45. The van der Waals surface area contributed by atoms with Crippen LogP contribution in [0.3, 0.4) is 0 Å². The maximum Gasteiger partial charge on any atom is 0.253 e. The summed E-state index contributed by atoms with van der Waals surface area (Å²) in [4.78, 5) is 16.9. The molecular formula is C25H26N6O2. The minimum atomic E-state index is 0.454. The first-order chi connectivity index (χ1) is 16.3. The van der Waals surface area contributed by atoms with E-state index in [0.29, 0.717) is 25.1 Å². The second-order valence-corrected chi connectivity index (χ2v) is 8.51. The van der Waals surface area contributed by atoms with Crippen molar-refractivity contribution in [2.75, 3.05) is 44.4 Å². The highest BCUT2D eigenvalue weighted by molar-refractivity contribution is 5.86. The summed E-state index contributed by atoms with van der Waals surface area (Å²) >= 11 is 0. The molecule has 2 aliphatic heterocycles. The zero-order valence-corrected chi connectivity index (χ0v) is 18.4. The lowest BCUT2D eigenvalue weighted by Crippen LogP contribution is -2.37. The van der Waals surface area contributed by atoms with E-state index in [0.717, 1.165) is 67.1 Å². The Balaban J connectivity index is 1.44. The van der Waals surface area contributed by atoms with Crippen LogP contribution in [-0.4, -0.2) is 64.2 Å². The molecule has 2 saturated heterocycles. The molecule has 6 rings (SSSR count). The van der Waals surface area contributed by atoms with E-state index in [1.165, 1.54) is 5.56 Å². The van der Waals surface area contributed by atoms with Crippen molar-refractivity contribution in [3.63, 3.8) is 0 Å². The molecule has 8 nitrogen and oxygen atoms in total. The van der Waals surface area contributed by atoms with E-state index in [1.807, 2.05) is 36.8 Å². The van der Waals surface area contributed by atoms with Crippen LogP contribution >= 0.6 is 0 Å². The van der Waals surface area contributed by atoms with Crippen LogP contribution in [-0.2, 0) is 9.47 Å². The average Bonchev–Trinajstić information content (AvgIpc) is 3.40. The number of hydrogen-bond donors (Lipinski definition) is 0. The molecule has 0 amide bonds. The van der Waals surface area contributed by atoms with Crippen molar-refractivity contribution < 1.29 is 9.47 Å². The van der Waals surface area contributed by atoms with E-state index in [1.54, 1.807) is 4.68 Å². The molecular weight excluding hydrogens is 416 g/mol. The summed E-state index contributed by atoms with van der Waals surface area (Å²) in [6.07, 6.45) is 7.86. The van der Waals surface area contributed by atoms with E-state index in [9.17, 15) is 0 Å². The van der Waals surface area contributed by atoms with Gasteiger partial charge in [0, 0.05) is 44.3 Å². The molecule has 2 fully saturated rings. The third kappa shape index (κ3) is 4.07. The number of anilines is 1. The molecule has 2 aliphatic rings. The van der Waals surface area contributed by atoms with Crippen LogP contribution in [0.25, 0.3) is 28.1 Å². The molecule has 168 valence electrons. The molecule has 0 spiro atoms. The van der Waals surface area contributed by atoms with Gasteiger partial charge in [0.25, 0.3) is 5.95 Å². The molecule has 0 N–H and O–H groups in total. The number of fused-ring (bicyclic) bond motifs is 1. The van der Waals surface area contributed by atoms with Crippen molar-refractivity contribution in [1.82, 2.24) is 24.7 Å². The van der Waals surface area contributed by atoms with Gasteiger partial charge in [0.05, 0.1) is 24.9 Å². The molecule has 8 heteroatoms. The quantitative estimate of drug-likeness (QED) is 0.478. The van der Waals surface area contributed by atoms with E-state index < -0.39 is 0 Å². The van der Waals surface area contributed by atoms with Gasteiger partial charge in [-0.25, -0.2) is 9.67 Å². The van der Waals surface area contributed by atoms with Gasteiger partial charge in [0.1, 0.15) is 5.52 Å². The second-order valence-electron chi connectivity index (χ2n) is 8.51. The van der Waals surface area contributed by atoms with Crippen molar-refractivity contribution in [1.29, 1.82) is 0 Å². The highest BCUT2D eigenvalue weighted by Gasteiger charge is 2.22. The number of rotatable bonds is 4. The van der Waals surface area contributed by atoms with Crippen LogP contribution in [0, 0.1) is 0 Å². The molecule has 0 atom stereocenters. The summed E-state index contributed by atoms with van der Waals surface area (Å²) in [6.45, 7) is 4.52. The predicted octanol–water partition coefficient (Wildman–Crippen LogP) is 3.61. The topological polar surface area (TPSA) is 78.2 Å². The minimum Gasteiger partial charge on any atom is -0.381 e. The normalized spacial score (nSPS) is 17.5. The van der Waals surface area contributed by atoms with Crippen LogP contribution in [0.4, 0.5) is 5.82 Å². The van der Waals surface area contributed by atoms with Crippen LogP contribution in [0.15, 0.2) is 55.0 Å². The van der Waals surface area contributed by atoms with E-state index >= 15 is 0 Å². The summed E-state index contributed by atoms with van der Waals surface area (Å²) in [5, 5.41) is 4.58. The third-order valence-electron chi connectivity index (χ3n) is 6.42. The SMILES string of the molecule is c1ccc(-c2cnn(-c3nc(N4CCOCC4)c4ncc(C5CCOCC5)cc4n3)c2)cc1. The second kappa shape index (κ2) is 8.88. The van der Waals surface area contributed by atoms with Crippen molar-refractivity contribution in [2.45, 2.75) is 18.8 Å². The number of nitrogens with zero attached hydrogens (tertiary/aromatic N) is 6. The number of morpholine rings is 1. The Hall–Kier alpha value is -3.36. The van der Waals surface area contributed by atoms with Crippen LogP contribution in [0.1, 0.15) is 24.3 Å². The molecule has 4 aromatic rings. The molecule has 3 aromatic heterocycles. The van der Waals surface area contributed by atoms with Gasteiger partial charge < -0.3 is 14.4 Å². The van der Waals surface area contributed by atoms with E-state index in [2.05, 4.69) is 28.2 Å². The summed E-state index contributed by atoms with van der Waals surface area (Å²) in [5.74, 6) is 1.85. The molecule has 5 heterocycles. The molecule has 0 aliphatic carbocycles. The Labute approximate surface area is 192 Å². The highest BCUT2D eigenvalue weighted by atomic mass is 16.5. The maximum absolute atomic E-state index is 5.56. The number of ether oxygens (including phenoxy) is 2. The largest absolute Gasteiger partial charge is 0.381 e. The van der Waals surface area contributed by atoms with Crippen molar-refractivity contribution in [3.8, 4) is 17.1 Å². The van der Waals surface area contributed by atoms with Crippen LogP contribution in [0.2, 0.25) is 0 Å². The molecule has 33 heavy (non-hydrogen) atoms. The summed E-state index contributed by atoms with van der Waals surface area (Å²) in [6, 6.07) is 12.4. The monoisotopic (exact) mass is 442 g/mol. The highest BCUT2D eigenvalue weighted by Crippen LogP contribution is 2.31. The maximum atomic E-state index is 5.56. The fourth-order valence-corrected chi connectivity index (χ4v) is 4.57. The first kappa shape index (κ1) is 20.3. The Morgan fingerprint density at radius 1 is 0.848 bits per heavy atom. The smallest absolute Gasteiger partial charge is 0.253 e. The number of aromatic nitrogens is 5. The average molecular weight is 443 g/mol. The van der Waals surface area contributed by atoms with Crippen molar-refractivity contribution >= 4 is 16.9 Å². The standard InChI is InChI=1S/C25H26N6O2/c1-2-4-18(5-3-1)21-16-27-31(17-21)25-28-22-14-20(19-6-10-32-11-7-19)15-26-23(22)24(29-25)30-8-12-33-13-9-30/h1-5,14-17,19H,6-13H2. The molecule has 0 bridgehead atoms. The number of hydrogen-bond acceptors (Lipinski definition) is 7. The lowest BCUT2D eigenvalue weighted by atomic mass is 9.93. The van der Waals surface area contributed by atoms with Gasteiger partial charge in [0.2, 0.25) is 0 Å². The molecule has 0 radical (unpaired) electrons. The Morgan fingerprint density at radius 2 is 1.64 bits per heavy atom. The zero-order valence-electron chi connectivity index (χ0n) is 18.4. The van der Waals surface area contributed by atoms with E-state index in [4.69, 9.17) is 24.4 Å². The fraction of sp³-hybridized carbons (Fsp3) is 0.360. The van der Waals surface area contributed by atoms with Crippen LogP contribution < -0.4 is 4.90 Å². The summed E-state index contributed by atoms with van der Waals surface area (Å²) in [5.41, 5.74) is 5.03. The summed E-state index contributed by atoms with van der Waals surface area (Å²) < 4.78 is 12.9. The number of benzene rings is 1. The fourth-order valence-electron chi connectivity index (χ4n) is 4.57. The van der Waals surface area contributed by atoms with Crippen molar-refractivity contribution in [3.05, 3.63) is 60.6 Å².